The van der Waals surface area contributed by atoms with Gasteiger partial charge in [0, 0.05) is 24.0 Å². The first-order valence-electron chi connectivity index (χ1n) is 11.1. The summed E-state index contributed by atoms with van der Waals surface area (Å²) in [5, 5.41) is 3.68. The largest absolute Gasteiger partial charge is 0.417 e. The summed E-state index contributed by atoms with van der Waals surface area (Å²) in [6, 6.07) is 16.5. The van der Waals surface area contributed by atoms with Crippen LogP contribution in [0.2, 0.25) is 5.02 Å². The monoisotopic (exact) mass is 629 g/mol. The number of carbonyl (C=O) groups excluding carboxylic acids is 1. The Morgan fingerprint density at radius 3 is 2.10 bits per heavy atom. The van der Waals surface area contributed by atoms with Crippen molar-refractivity contribution in [2.24, 2.45) is 0 Å². The van der Waals surface area contributed by atoms with Crippen LogP contribution in [0.15, 0.2) is 93.3 Å². The Balaban J connectivity index is 1.43. The summed E-state index contributed by atoms with van der Waals surface area (Å²) in [7, 11) is -6.59. The molecule has 0 radical (unpaired) electrons. The molecule has 15 heteroatoms. The number of nitrogens with one attached hydrogen (secondary N) is 2. The van der Waals surface area contributed by atoms with E-state index in [0.717, 1.165) is 27.8 Å². The van der Waals surface area contributed by atoms with Gasteiger partial charge in [-0.05, 0) is 78.2 Å². The average molecular weight is 630 g/mol. The molecular formula is C25H19ClF3N3O5S3. The smallest absolute Gasteiger partial charge is 0.322 e. The van der Waals surface area contributed by atoms with Crippen LogP contribution in [0.1, 0.15) is 15.9 Å². The Hall–Kier alpha value is -3.59. The molecule has 210 valence electrons. The minimum absolute atomic E-state index is 0.178. The average Bonchev–Trinajstić information content (AvgIpc) is 3.45. The Kier molecular flexibility index (Phi) is 8.17. The van der Waals surface area contributed by atoms with Gasteiger partial charge in [-0.1, -0.05) is 17.7 Å². The molecule has 1 amide bonds. The van der Waals surface area contributed by atoms with Crippen molar-refractivity contribution in [3.63, 3.8) is 0 Å². The molecule has 0 aliphatic rings. The SMILES string of the molecule is CN(c1ccc(C(=O)Nc2ccc(S(=O)(=O)Nc3ccc(Cl)c(C(F)(F)F)c3)cc2)cc1)S(=O)(=O)c1cccs1. The quantitative estimate of drug-likeness (QED) is 0.238. The summed E-state index contributed by atoms with van der Waals surface area (Å²) in [5.74, 6) is -0.537. The van der Waals surface area contributed by atoms with E-state index in [4.69, 9.17) is 11.6 Å². The highest BCUT2D eigenvalue weighted by atomic mass is 35.5. The predicted molar refractivity (Wildman–Crippen MR) is 148 cm³/mol. The molecule has 0 spiro atoms. The molecule has 0 aliphatic heterocycles. The highest BCUT2D eigenvalue weighted by molar-refractivity contribution is 7.94. The number of rotatable bonds is 8. The molecule has 0 atom stereocenters. The highest BCUT2D eigenvalue weighted by Crippen LogP contribution is 2.36. The maximum absolute atomic E-state index is 13.1. The number of alkyl halides is 3. The van der Waals surface area contributed by atoms with E-state index < -0.39 is 42.7 Å². The van der Waals surface area contributed by atoms with Crippen molar-refractivity contribution < 1.29 is 34.8 Å². The maximum Gasteiger partial charge on any atom is 0.417 e. The van der Waals surface area contributed by atoms with Gasteiger partial charge >= 0.3 is 6.18 Å². The molecule has 4 aromatic rings. The molecule has 0 saturated heterocycles. The van der Waals surface area contributed by atoms with Crippen LogP contribution in [0.25, 0.3) is 0 Å². The zero-order valence-electron chi connectivity index (χ0n) is 20.3. The summed E-state index contributed by atoms with van der Waals surface area (Å²) < 4.78 is 93.3. The van der Waals surface area contributed by atoms with E-state index in [0.29, 0.717) is 11.8 Å². The Morgan fingerprint density at radius 2 is 1.52 bits per heavy atom. The van der Waals surface area contributed by atoms with Crippen LogP contribution in [0, 0.1) is 0 Å². The number of nitrogens with zero attached hydrogens (tertiary/aromatic N) is 1. The van der Waals surface area contributed by atoms with Gasteiger partial charge in [0.25, 0.3) is 26.0 Å². The first-order valence-corrected chi connectivity index (χ1v) is 15.3. The Morgan fingerprint density at radius 1 is 0.900 bits per heavy atom. The second kappa shape index (κ2) is 11.1. The van der Waals surface area contributed by atoms with Crippen LogP contribution in [-0.2, 0) is 26.2 Å². The van der Waals surface area contributed by atoms with Crippen LogP contribution in [0.3, 0.4) is 0 Å². The van der Waals surface area contributed by atoms with Gasteiger partial charge < -0.3 is 5.32 Å². The van der Waals surface area contributed by atoms with Crippen molar-refractivity contribution in [3.05, 3.63) is 100 Å². The van der Waals surface area contributed by atoms with Crippen LogP contribution < -0.4 is 14.3 Å². The van der Waals surface area contributed by atoms with Gasteiger partial charge in [0.2, 0.25) is 0 Å². The zero-order valence-corrected chi connectivity index (χ0v) is 23.5. The van der Waals surface area contributed by atoms with Crippen LogP contribution in [0.5, 0.6) is 0 Å². The normalized spacial score (nSPS) is 12.1. The zero-order chi connectivity index (χ0) is 29.3. The van der Waals surface area contributed by atoms with Crippen molar-refractivity contribution in [1.82, 2.24) is 0 Å². The molecular weight excluding hydrogens is 611 g/mol. The number of sulfonamides is 2. The van der Waals surface area contributed by atoms with Crippen LogP contribution in [-0.4, -0.2) is 29.8 Å². The number of hydrogen-bond acceptors (Lipinski definition) is 6. The number of amides is 1. The summed E-state index contributed by atoms with van der Waals surface area (Å²) >= 11 is 6.66. The molecule has 4 rings (SSSR count). The lowest BCUT2D eigenvalue weighted by Crippen LogP contribution is -2.25. The summed E-state index contributed by atoms with van der Waals surface area (Å²) in [6.07, 6.45) is -4.77. The van der Waals surface area contributed by atoms with Crippen molar-refractivity contribution in [2.75, 3.05) is 21.4 Å². The van der Waals surface area contributed by atoms with Crippen molar-refractivity contribution in [3.8, 4) is 0 Å². The lowest BCUT2D eigenvalue weighted by molar-refractivity contribution is -0.137. The molecule has 3 aromatic carbocycles. The number of carbonyl (C=O) groups is 1. The van der Waals surface area contributed by atoms with E-state index in [1.54, 1.807) is 11.4 Å². The van der Waals surface area contributed by atoms with Gasteiger partial charge in [-0.3, -0.25) is 13.8 Å². The van der Waals surface area contributed by atoms with Crippen molar-refractivity contribution >= 4 is 66.0 Å². The lowest BCUT2D eigenvalue weighted by Gasteiger charge is -2.18. The minimum atomic E-state index is -4.77. The molecule has 0 aliphatic carbocycles. The first kappa shape index (κ1) is 29.4. The third-order valence-electron chi connectivity index (χ3n) is 5.55. The highest BCUT2D eigenvalue weighted by Gasteiger charge is 2.33. The van der Waals surface area contributed by atoms with E-state index in [2.05, 4.69) is 10.0 Å². The van der Waals surface area contributed by atoms with Gasteiger partial charge in [0.05, 0.1) is 21.2 Å². The second-order valence-electron chi connectivity index (χ2n) is 8.23. The maximum atomic E-state index is 13.1. The van der Waals surface area contributed by atoms with Gasteiger partial charge in [0.15, 0.2) is 0 Å². The predicted octanol–water partition coefficient (Wildman–Crippen LogP) is 6.30. The van der Waals surface area contributed by atoms with Gasteiger partial charge in [0.1, 0.15) is 4.21 Å². The molecule has 1 heterocycles. The minimum Gasteiger partial charge on any atom is -0.322 e. The van der Waals surface area contributed by atoms with Gasteiger partial charge in [-0.25, -0.2) is 16.8 Å². The van der Waals surface area contributed by atoms with Crippen molar-refractivity contribution in [1.29, 1.82) is 0 Å². The van der Waals surface area contributed by atoms with E-state index >= 15 is 0 Å². The standard InChI is InChI=1S/C25H19ClF3N3O5S3/c1-32(40(36,37)23-3-2-14-38-23)19-9-4-16(5-10-19)24(33)30-17-6-11-20(12-7-17)39(34,35)31-18-8-13-22(26)21(15-18)25(27,28)29/h2-15,31H,1H3,(H,30,33). The summed E-state index contributed by atoms with van der Waals surface area (Å²) in [6.45, 7) is 0. The molecule has 2 N–H and O–H groups in total. The molecule has 0 bridgehead atoms. The van der Waals surface area contributed by atoms with E-state index in [1.807, 2.05) is 0 Å². The molecule has 0 saturated carbocycles. The second-order valence-corrected chi connectivity index (χ2v) is 13.5. The number of anilines is 3. The molecule has 40 heavy (non-hydrogen) atoms. The molecule has 0 fully saturated rings. The van der Waals surface area contributed by atoms with Crippen molar-refractivity contribution in [2.45, 2.75) is 15.3 Å². The van der Waals surface area contributed by atoms with E-state index in [9.17, 15) is 34.8 Å². The Labute approximate surface area is 237 Å². The third-order valence-corrected chi connectivity index (χ3v) is 10.4. The first-order chi connectivity index (χ1) is 18.7. The van der Waals surface area contributed by atoms with Crippen LogP contribution in [0.4, 0.5) is 30.2 Å². The van der Waals surface area contributed by atoms with Gasteiger partial charge in [-0.2, -0.15) is 13.2 Å². The fourth-order valence-electron chi connectivity index (χ4n) is 3.45. The Bertz CT molecular complexity index is 1740. The number of hydrogen-bond donors (Lipinski definition) is 2. The van der Waals surface area contributed by atoms with E-state index in [-0.39, 0.29) is 26.0 Å². The molecule has 1 aromatic heterocycles. The fraction of sp³-hybridized carbons (Fsp3) is 0.0800. The number of halogens is 4. The molecule has 8 nitrogen and oxygen atoms in total. The summed E-state index contributed by atoms with van der Waals surface area (Å²) in [4.78, 5) is 12.4. The lowest BCUT2D eigenvalue weighted by atomic mass is 10.2. The summed E-state index contributed by atoms with van der Waals surface area (Å²) in [5.41, 5.74) is -0.707. The fourth-order valence-corrected chi connectivity index (χ4v) is 7.08. The van der Waals surface area contributed by atoms with Gasteiger partial charge in [-0.15, -0.1) is 11.3 Å². The van der Waals surface area contributed by atoms with E-state index in [1.165, 1.54) is 61.6 Å². The topological polar surface area (TPSA) is 113 Å². The molecule has 0 unspecified atom stereocenters. The van der Waals surface area contributed by atoms with Crippen LogP contribution >= 0.6 is 22.9 Å². The number of thiophene rings is 1. The third kappa shape index (κ3) is 6.41. The number of benzene rings is 3.